The Hall–Kier alpha value is -0.770. The maximum absolute atomic E-state index is 10.5. The fourth-order valence-electron chi connectivity index (χ4n) is 2.40. The van der Waals surface area contributed by atoms with Crippen LogP contribution in [0.1, 0.15) is 41.2 Å². The molecule has 1 aromatic carbocycles. The first-order valence-electron chi connectivity index (χ1n) is 6.13. The zero-order valence-corrected chi connectivity index (χ0v) is 12.1. The Morgan fingerprint density at radius 1 is 1.22 bits per heavy atom. The summed E-state index contributed by atoms with van der Waals surface area (Å²) in [5.41, 5.74) is 9.15. The van der Waals surface area contributed by atoms with Crippen molar-refractivity contribution in [3.05, 3.63) is 27.3 Å². The van der Waals surface area contributed by atoms with E-state index in [0.29, 0.717) is 10.8 Å². The topological polar surface area (TPSA) is 55.5 Å². The SMILES string of the molecule is COc1c(C)c(C)c(Cl)c(C)c1C(O)C1(N)CC1. The summed E-state index contributed by atoms with van der Waals surface area (Å²) >= 11 is 6.32. The summed E-state index contributed by atoms with van der Waals surface area (Å²) in [6.07, 6.45) is 0.951. The lowest BCUT2D eigenvalue weighted by atomic mass is 9.91. The molecular formula is C14H20ClNO2. The van der Waals surface area contributed by atoms with Crippen LogP contribution in [-0.2, 0) is 0 Å². The van der Waals surface area contributed by atoms with Crippen molar-refractivity contribution in [2.75, 3.05) is 7.11 Å². The molecule has 3 N–H and O–H groups in total. The average molecular weight is 270 g/mol. The third kappa shape index (κ3) is 1.91. The number of aliphatic hydroxyl groups excluding tert-OH is 1. The lowest BCUT2D eigenvalue weighted by molar-refractivity contribution is 0.131. The molecule has 1 unspecified atom stereocenters. The van der Waals surface area contributed by atoms with Crippen LogP contribution in [0.2, 0.25) is 5.02 Å². The van der Waals surface area contributed by atoms with Gasteiger partial charge in [0, 0.05) is 16.1 Å². The minimum atomic E-state index is -0.718. The van der Waals surface area contributed by atoms with Crippen LogP contribution in [0.3, 0.4) is 0 Å². The molecule has 0 spiro atoms. The number of halogens is 1. The van der Waals surface area contributed by atoms with Gasteiger partial charge in [0.05, 0.1) is 7.11 Å². The molecule has 1 atom stereocenters. The highest BCUT2D eigenvalue weighted by Gasteiger charge is 2.47. The Morgan fingerprint density at radius 2 is 1.78 bits per heavy atom. The summed E-state index contributed by atoms with van der Waals surface area (Å²) < 4.78 is 5.46. The number of rotatable bonds is 3. The summed E-state index contributed by atoms with van der Waals surface area (Å²) in [5, 5.41) is 11.2. The van der Waals surface area contributed by atoms with Crippen molar-refractivity contribution in [3.8, 4) is 5.75 Å². The molecule has 1 aliphatic carbocycles. The molecule has 1 saturated carbocycles. The van der Waals surface area contributed by atoms with E-state index in [-0.39, 0.29) is 0 Å². The highest BCUT2D eigenvalue weighted by atomic mass is 35.5. The number of ether oxygens (including phenoxy) is 1. The van der Waals surface area contributed by atoms with Gasteiger partial charge in [0.2, 0.25) is 0 Å². The third-order valence-electron chi connectivity index (χ3n) is 4.06. The van der Waals surface area contributed by atoms with E-state index in [4.69, 9.17) is 22.1 Å². The van der Waals surface area contributed by atoms with Gasteiger partial charge in [-0.1, -0.05) is 11.6 Å². The van der Waals surface area contributed by atoms with Gasteiger partial charge in [-0.3, -0.25) is 0 Å². The second kappa shape index (κ2) is 4.41. The highest BCUT2D eigenvalue weighted by Crippen LogP contribution is 2.49. The first-order valence-corrected chi connectivity index (χ1v) is 6.51. The van der Waals surface area contributed by atoms with E-state index in [0.717, 1.165) is 35.1 Å². The number of benzene rings is 1. The fourth-order valence-corrected chi connectivity index (χ4v) is 2.65. The lowest BCUT2D eigenvalue weighted by Crippen LogP contribution is -2.31. The average Bonchev–Trinajstić information content (AvgIpc) is 3.09. The van der Waals surface area contributed by atoms with Crippen LogP contribution in [0, 0.1) is 20.8 Å². The molecule has 0 radical (unpaired) electrons. The van der Waals surface area contributed by atoms with Crippen molar-refractivity contribution in [2.45, 2.75) is 45.3 Å². The van der Waals surface area contributed by atoms with Gasteiger partial charge in [0.25, 0.3) is 0 Å². The van der Waals surface area contributed by atoms with E-state index in [2.05, 4.69) is 0 Å². The van der Waals surface area contributed by atoms with Gasteiger partial charge in [0.1, 0.15) is 11.9 Å². The molecule has 0 heterocycles. The fraction of sp³-hybridized carbons (Fsp3) is 0.571. The first-order chi connectivity index (χ1) is 8.33. The van der Waals surface area contributed by atoms with E-state index in [9.17, 15) is 5.11 Å². The maximum atomic E-state index is 10.5. The molecule has 4 heteroatoms. The minimum Gasteiger partial charge on any atom is -0.496 e. The molecule has 1 fully saturated rings. The van der Waals surface area contributed by atoms with Crippen LogP contribution in [0.5, 0.6) is 5.75 Å². The van der Waals surface area contributed by atoms with Crippen molar-refractivity contribution >= 4 is 11.6 Å². The Labute approximate surface area is 113 Å². The van der Waals surface area contributed by atoms with Crippen molar-refractivity contribution in [1.29, 1.82) is 0 Å². The van der Waals surface area contributed by atoms with Gasteiger partial charge in [0.15, 0.2) is 0 Å². The molecule has 0 aliphatic heterocycles. The predicted molar refractivity (Wildman–Crippen MR) is 73.3 cm³/mol. The standard InChI is InChI=1S/C14H20ClNO2/c1-7-8(2)12(18-4)10(9(3)11(7)15)13(17)14(16)5-6-14/h13,17H,5-6,16H2,1-4H3. The van der Waals surface area contributed by atoms with E-state index >= 15 is 0 Å². The van der Waals surface area contributed by atoms with Gasteiger partial charge < -0.3 is 15.6 Å². The van der Waals surface area contributed by atoms with Gasteiger partial charge in [-0.05, 0) is 50.3 Å². The van der Waals surface area contributed by atoms with Crippen molar-refractivity contribution in [3.63, 3.8) is 0 Å². The van der Waals surface area contributed by atoms with Gasteiger partial charge in [-0.2, -0.15) is 0 Å². The number of hydrogen-bond donors (Lipinski definition) is 2. The van der Waals surface area contributed by atoms with Crippen LogP contribution in [0.25, 0.3) is 0 Å². The minimum absolute atomic E-state index is 0.511. The molecule has 0 saturated heterocycles. The zero-order chi connectivity index (χ0) is 13.7. The van der Waals surface area contributed by atoms with Crippen LogP contribution < -0.4 is 10.5 Å². The Balaban J connectivity index is 2.65. The van der Waals surface area contributed by atoms with E-state index < -0.39 is 11.6 Å². The highest BCUT2D eigenvalue weighted by molar-refractivity contribution is 6.32. The summed E-state index contributed by atoms with van der Waals surface area (Å²) in [4.78, 5) is 0. The van der Waals surface area contributed by atoms with E-state index in [1.54, 1.807) is 7.11 Å². The van der Waals surface area contributed by atoms with Gasteiger partial charge in [-0.15, -0.1) is 0 Å². The van der Waals surface area contributed by atoms with Crippen LogP contribution in [-0.4, -0.2) is 17.8 Å². The van der Waals surface area contributed by atoms with Crippen LogP contribution in [0.15, 0.2) is 0 Å². The van der Waals surface area contributed by atoms with Crippen LogP contribution in [0.4, 0.5) is 0 Å². The smallest absolute Gasteiger partial charge is 0.128 e. The van der Waals surface area contributed by atoms with Gasteiger partial charge in [-0.25, -0.2) is 0 Å². The molecular weight excluding hydrogens is 250 g/mol. The quantitative estimate of drug-likeness (QED) is 0.887. The normalized spacial score (nSPS) is 18.6. The molecule has 100 valence electrons. The van der Waals surface area contributed by atoms with Crippen LogP contribution >= 0.6 is 11.6 Å². The largest absolute Gasteiger partial charge is 0.496 e. The maximum Gasteiger partial charge on any atom is 0.128 e. The summed E-state index contributed by atoms with van der Waals surface area (Å²) in [5.74, 6) is 0.707. The second-order valence-electron chi connectivity index (χ2n) is 5.27. The zero-order valence-electron chi connectivity index (χ0n) is 11.3. The first kappa shape index (κ1) is 13.7. The monoisotopic (exact) mass is 269 g/mol. The van der Waals surface area contributed by atoms with Crippen molar-refractivity contribution in [2.24, 2.45) is 5.73 Å². The molecule has 1 aromatic rings. The number of aliphatic hydroxyl groups is 1. The molecule has 0 amide bonds. The molecule has 0 bridgehead atoms. The summed E-state index contributed by atoms with van der Waals surface area (Å²) in [6.45, 7) is 5.81. The summed E-state index contributed by atoms with van der Waals surface area (Å²) in [7, 11) is 1.61. The van der Waals surface area contributed by atoms with Crippen molar-refractivity contribution in [1.82, 2.24) is 0 Å². The summed E-state index contributed by atoms with van der Waals surface area (Å²) in [6, 6.07) is 0. The molecule has 0 aromatic heterocycles. The van der Waals surface area contributed by atoms with E-state index in [1.807, 2.05) is 20.8 Å². The molecule has 3 nitrogen and oxygen atoms in total. The van der Waals surface area contributed by atoms with Gasteiger partial charge >= 0.3 is 0 Å². The molecule has 1 aliphatic rings. The van der Waals surface area contributed by atoms with E-state index in [1.165, 1.54) is 0 Å². The Bertz CT molecular complexity index is 495. The number of hydrogen-bond acceptors (Lipinski definition) is 3. The van der Waals surface area contributed by atoms with Crippen molar-refractivity contribution < 1.29 is 9.84 Å². The Morgan fingerprint density at radius 3 is 2.22 bits per heavy atom. The predicted octanol–water partition coefficient (Wildman–Crippen LogP) is 2.80. The third-order valence-corrected chi connectivity index (χ3v) is 4.63. The second-order valence-corrected chi connectivity index (χ2v) is 5.65. The molecule has 2 rings (SSSR count). The lowest BCUT2D eigenvalue weighted by Gasteiger charge is -2.25. The number of nitrogens with two attached hydrogens (primary N) is 1. The Kier molecular flexibility index (Phi) is 3.34. The molecule has 18 heavy (non-hydrogen) atoms. The number of methoxy groups -OCH3 is 1.